The van der Waals surface area contributed by atoms with Gasteiger partial charge in [-0.15, -0.1) is 0 Å². The van der Waals surface area contributed by atoms with Crippen LogP contribution in [0.3, 0.4) is 0 Å². The van der Waals surface area contributed by atoms with E-state index in [-0.39, 0.29) is 22.5 Å². The zero-order valence-corrected chi connectivity index (χ0v) is 12.7. The summed E-state index contributed by atoms with van der Waals surface area (Å²) in [5.74, 6) is 0.311. The molecule has 0 spiro atoms. The van der Waals surface area contributed by atoms with Crippen molar-refractivity contribution in [3.05, 3.63) is 34.2 Å². The number of hydrogen-bond donors (Lipinski definition) is 4. The molecular weight excluding hydrogens is 312 g/mol. The van der Waals surface area contributed by atoms with Crippen LogP contribution in [0.4, 0.5) is 0 Å². The molecule has 2 aromatic rings. The molecule has 1 heterocycles. The smallest absolute Gasteiger partial charge is 0.227 e. The maximum Gasteiger partial charge on any atom is 0.227 e. The first-order valence-electron chi connectivity index (χ1n) is 8.08. The monoisotopic (exact) mass is 328 g/mol. The molecule has 124 valence electrons. The number of fused-ring (bicyclic) bond motifs is 2. The van der Waals surface area contributed by atoms with Crippen molar-refractivity contribution < 1.29 is 24.8 Å². The summed E-state index contributed by atoms with van der Waals surface area (Å²) in [6.45, 7) is 0. The van der Waals surface area contributed by atoms with E-state index in [0.29, 0.717) is 17.6 Å². The van der Waals surface area contributed by atoms with Gasteiger partial charge in [-0.25, -0.2) is 0 Å². The molecule has 3 fully saturated rings. The first-order chi connectivity index (χ1) is 11.4. The van der Waals surface area contributed by atoms with Crippen LogP contribution in [0.5, 0.6) is 23.0 Å². The molecule has 5 rings (SSSR count). The van der Waals surface area contributed by atoms with Gasteiger partial charge >= 0.3 is 0 Å². The normalized spacial score (nSPS) is 32.2. The zero-order valence-electron chi connectivity index (χ0n) is 12.7. The number of benzene rings is 1. The molecular formula is C18H16O6. The number of phenols is 3. The summed E-state index contributed by atoms with van der Waals surface area (Å²) in [6.07, 6.45) is 3.31. The quantitative estimate of drug-likeness (QED) is 0.498. The molecule has 0 aliphatic heterocycles. The zero-order chi connectivity index (χ0) is 16.8. The van der Waals surface area contributed by atoms with Crippen LogP contribution in [0.15, 0.2) is 27.4 Å². The number of hydrogen-bond acceptors (Lipinski definition) is 6. The van der Waals surface area contributed by atoms with Gasteiger partial charge in [0.15, 0.2) is 17.3 Å². The number of aromatic hydroxyl groups is 4. The Morgan fingerprint density at radius 2 is 1.71 bits per heavy atom. The fourth-order valence-electron chi connectivity index (χ4n) is 4.94. The van der Waals surface area contributed by atoms with Crippen molar-refractivity contribution in [3.8, 4) is 34.3 Å². The fraction of sp³-hybridized carbons (Fsp3) is 0.389. The summed E-state index contributed by atoms with van der Waals surface area (Å²) in [6, 6.07) is 3.37. The van der Waals surface area contributed by atoms with Crippen molar-refractivity contribution >= 4 is 0 Å². The maximum absolute atomic E-state index is 12.2. The van der Waals surface area contributed by atoms with E-state index in [1.165, 1.54) is 12.5 Å². The van der Waals surface area contributed by atoms with Crippen LogP contribution in [0.2, 0.25) is 0 Å². The largest absolute Gasteiger partial charge is 0.507 e. The molecule has 2 atom stereocenters. The van der Waals surface area contributed by atoms with Crippen LogP contribution in [0.1, 0.15) is 25.0 Å². The highest BCUT2D eigenvalue weighted by atomic mass is 16.4. The van der Waals surface area contributed by atoms with Crippen molar-refractivity contribution in [2.24, 2.45) is 17.8 Å². The van der Waals surface area contributed by atoms with Crippen molar-refractivity contribution in [2.45, 2.75) is 24.7 Å². The SMILES string of the molecule is O=c1cc(C23CCCC4C2C43)oc(-c2cc(O)c(O)cc2O)c1O. The van der Waals surface area contributed by atoms with Crippen molar-refractivity contribution in [2.75, 3.05) is 0 Å². The summed E-state index contributed by atoms with van der Waals surface area (Å²) in [7, 11) is 0. The third-order valence-corrected chi connectivity index (χ3v) is 6.10. The Hall–Kier alpha value is -2.63. The third kappa shape index (κ3) is 1.48. The van der Waals surface area contributed by atoms with Gasteiger partial charge in [-0.2, -0.15) is 0 Å². The molecule has 0 saturated heterocycles. The van der Waals surface area contributed by atoms with E-state index in [4.69, 9.17) is 4.42 Å². The lowest BCUT2D eigenvalue weighted by molar-refractivity contribution is 0.242. The van der Waals surface area contributed by atoms with E-state index < -0.39 is 22.7 Å². The van der Waals surface area contributed by atoms with Gasteiger partial charge < -0.3 is 24.8 Å². The van der Waals surface area contributed by atoms with E-state index in [1.807, 2.05) is 0 Å². The summed E-state index contributed by atoms with van der Waals surface area (Å²) in [5.41, 5.74) is -0.681. The van der Waals surface area contributed by atoms with Gasteiger partial charge in [-0.05, 0) is 36.7 Å². The average molecular weight is 328 g/mol. The minimum atomic E-state index is -0.614. The van der Waals surface area contributed by atoms with Gasteiger partial charge in [0.2, 0.25) is 11.2 Å². The highest BCUT2D eigenvalue weighted by molar-refractivity contribution is 5.73. The van der Waals surface area contributed by atoms with Crippen LogP contribution in [-0.2, 0) is 5.41 Å². The summed E-state index contributed by atoms with van der Waals surface area (Å²) in [4.78, 5) is 12.2. The lowest BCUT2D eigenvalue weighted by Gasteiger charge is -2.31. The second-order valence-corrected chi connectivity index (χ2v) is 7.16. The Morgan fingerprint density at radius 3 is 2.42 bits per heavy atom. The van der Waals surface area contributed by atoms with Crippen LogP contribution in [0.25, 0.3) is 11.3 Å². The third-order valence-electron chi connectivity index (χ3n) is 6.10. The Balaban J connectivity index is 1.67. The number of phenolic OH excluding ortho intramolecular Hbond substituents is 3. The second-order valence-electron chi connectivity index (χ2n) is 7.16. The lowest BCUT2D eigenvalue weighted by atomic mass is 9.74. The second kappa shape index (κ2) is 4.06. The van der Waals surface area contributed by atoms with Crippen LogP contribution in [-0.4, -0.2) is 20.4 Å². The summed E-state index contributed by atoms with van der Waals surface area (Å²) in [5, 5.41) is 39.2. The maximum atomic E-state index is 12.2. The molecule has 0 radical (unpaired) electrons. The molecule has 1 aromatic heterocycles. The first kappa shape index (κ1) is 13.8. The molecule has 6 nitrogen and oxygen atoms in total. The van der Waals surface area contributed by atoms with E-state index in [1.54, 1.807) is 0 Å². The van der Waals surface area contributed by atoms with Crippen LogP contribution in [0, 0.1) is 17.8 Å². The molecule has 3 aliphatic rings. The van der Waals surface area contributed by atoms with Crippen LogP contribution < -0.4 is 5.43 Å². The molecule has 0 bridgehead atoms. The lowest BCUT2D eigenvalue weighted by Crippen LogP contribution is -2.28. The van der Waals surface area contributed by atoms with Gasteiger partial charge in [-0.1, -0.05) is 6.42 Å². The van der Waals surface area contributed by atoms with Gasteiger partial charge in [-0.3, -0.25) is 4.79 Å². The first-order valence-corrected chi connectivity index (χ1v) is 8.08. The van der Waals surface area contributed by atoms with Crippen molar-refractivity contribution in [3.63, 3.8) is 0 Å². The molecule has 2 unspecified atom stereocenters. The summed E-state index contributed by atoms with van der Waals surface area (Å²) >= 11 is 0. The van der Waals surface area contributed by atoms with Crippen molar-refractivity contribution in [1.82, 2.24) is 0 Å². The van der Waals surface area contributed by atoms with E-state index >= 15 is 0 Å². The minimum absolute atomic E-state index is 0.0279. The fourth-order valence-corrected chi connectivity index (χ4v) is 4.94. The van der Waals surface area contributed by atoms with Gasteiger partial charge in [0, 0.05) is 17.5 Å². The molecule has 0 amide bonds. The molecule has 1 aromatic carbocycles. The van der Waals surface area contributed by atoms with Crippen LogP contribution >= 0.6 is 0 Å². The molecule has 3 saturated carbocycles. The molecule has 3 aliphatic carbocycles. The van der Waals surface area contributed by atoms with E-state index in [2.05, 4.69) is 0 Å². The standard InChI is InChI=1S/C18H16O6/c19-9-5-11(21)10(20)4-8(9)17-16(23)12(22)6-13(24-17)18-3-1-2-7-14(18)15(7)18/h4-7,14-15,19-21,23H,1-3H2. The number of rotatable bonds is 2. The van der Waals surface area contributed by atoms with E-state index in [0.717, 1.165) is 30.9 Å². The summed E-state index contributed by atoms with van der Waals surface area (Å²) < 4.78 is 5.85. The van der Waals surface area contributed by atoms with E-state index in [9.17, 15) is 25.2 Å². The highest BCUT2D eigenvalue weighted by Gasteiger charge is 2.85. The predicted molar refractivity (Wildman–Crippen MR) is 83.1 cm³/mol. The molecule has 4 N–H and O–H groups in total. The van der Waals surface area contributed by atoms with Gasteiger partial charge in [0.05, 0.1) is 5.56 Å². The average Bonchev–Trinajstić information content (AvgIpc) is 3.45. The van der Waals surface area contributed by atoms with Crippen molar-refractivity contribution in [1.29, 1.82) is 0 Å². The topological polar surface area (TPSA) is 111 Å². The molecule has 6 heteroatoms. The molecule has 24 heavy (non-hydrogen) atoms. The Labute approximate surface area is 136 Å². The van der Waals surface area contributed by atoms with Gasteiger partial charge in [0.1, 0.15) is 11.5 Å². The highest BCUT2D eigenvalue weighted by Crippen LogP contribution is 2.86. The Kier molecular flexibility index (Phi) is 2.33. The minimum Gasteiger partial charge on any atom is -0.507 e. The predicted octanol–water partition coefficient (Wildman–Crippen LogP) is 2.43. The Bertz CT molecular complexity index is 933. The van der Waals surface area contributed by atoms with Gasteiger partial charge in [0.25, 0.3) is 0 Å². The Morgan fingerprint density at radius 1 is 1.00 bits per heavy atom.